The van der Waals surface area contributed by atoms with Crippen LogP contribution in [0.3, 0.4) is 0 Å². The van der Waals surface area contributed by atoms with Gasteiger partial charge in [-0.05, 0) is 56.0 Å². The van der Waals surface area contributed by atoms with Gasteiger partial charge in [0.25, 0.3) is 0 Å². The van der Waals surface area contributed by atoms with Gasteiger partial charge in [-0.15, -0.1) is 11.8 Å². The van der Waals surface area contributed by atoms with E-state index in [2.05, 4.69) is 11.8 Å². The third kappa shape index (κ3) is 10.1. The van der Waals surface area contributed by atoms with E-state index in [1.165, 1.54) is 14.0 Å². The van der Waals surface area contributed by atoms with Crippen molar-refractivity contribution in [3.05, 3.63) is 111 Å². The molecule has 0 saturated heterocycles. The van der Waals surface area contributed by atoms with Gasteiger partial charge >= 0.3 is 23.9 Å². The molecule has 9 nitrogen and oxygen atoms in total. The summed E-state index contributed by atoms with van der Waals surface area (Å²) in [5.74, 6) is 3.13. The van der Waals surface area contributed by atoms with Gasteiger partial charge in [0, 0.05) is 65.1 Å². The van der Waals surface area contributed by atoms with Gasteiger partial charge in [0.05, 0.1) is 13.0 Å². The number of esters is 4. The fourth-order valence-electron chi connectivity index (χ4n) is 7.25. The maximum absolute atomic E-state index is 13.9. The summed E-state index contributed by atoms with van der Waals surface area (Å²) in [7, 11) is 1.37. The average Bonchev–Trinajstić information content (AvgIpc) is 3.70. The van der Waals surface area contributed by atoms with Crippen molar-refractivity contribution < 1.29 is 42.9 Å². The number of hydrogen-bond donors (Lipinski definition) is 0. The summed E-state index contributed by atoms with van der Waals surface area (Å²) in [6, 6.07) is 19.7. The minimum absolute atomic E-state index is 0.189. The molecule has 3 aromatic carbocycles. The molecule has 0 radical (unpaired) electrons. The minimum atomic E-state index is -1.39. The zero-order chi connectivity index (χ0) is 39.6. The zero-order valence-corrected chi connectivity index (χ0v) is 33.1. The van der Waals surface area contributed by atoms with Gasteiger partial charge in [-0.1, -0.05) is 90.8 Å². The molecule has 5 rings (SSSR count). The third-order valence-electron chi connectivity index (χ3n) is 10.1. The molecule has 55 heavy (non-hydrogen) atoms. The van der Waals surface area contributed by atoms with E-state index in [4.69, 9.17) is 46.9 Å². The van der Waals surface area contributed by atoms with E-state index < -0.39 is 48.1 Å². The molecule has 1 aliphatic carbocycles. The second-order valence-electron chi connectivity index (χ2n) is 13.9. The predicted octanol–water partition coefficient (Wildman–Crippen LogP) is 8.89. The van der Waals surface area contributed by atoms with Crippen molar-refractivity contribution in [3.63, 3.8) is 0 Å². The van der Waals surface area contributed by atoms with Crippen molar-refractivity contribution in [2.75, 3.05) is 7.11 Å². The van der Waals surface area contributed by atoms with Crippen LogP contribution >= 0.6 is 23.2 Å². The van der Waals surface area contributed by atoms with E-state index in [1.54, 1.807) is 56.3 Å². The maximum Gasteiger partial charge on any atom is 0.352 e. The van der Waals surface area contributed by atoms with Crippen LogP contribution in [0.5, 0.6) is 5.75 Å². The molecule has 0 spiro atoms. The molecule has 1 fully saturated rings. The minimum Gasteiger partial charge on any atom is -0.489 e. The second kappa shape index (κ2) is 19.2. The molecule has 0 aromatic heterocycles. The van der Waals surface area contributed by atoms with Crippen molar-refractivity contribution in [2.45, 2.75) is 96.1 Å². The fourth-order valence-corrected chi connectivity index (χ4v) is 7.78. The number of rotatable bonds is 15. The number of carbonyl (C=O) groups excluding carboxylic acids is 4. The molecule has 0 bridgehead atoms. The Kier molecular flexibility index (Phi) is 14.4. The van der Waals surface area contributed by atoms with Crippen LogP contribution in [0, 0.1) is 23.7 Å². The number of fused-ring (bicyclic) bond motifs is 3. The Labute approximate surface area is 332 Å². The monoisotopic (exact) mass is 788 g/mol. The quantitative estimate of drug-likeness (QED) is 0.0645. The standard InChI is InChI=1S/C44H46Cl2O9/c1-6-7-14-26(2)36(54-43(49)27(3)30-17-8-10-20-34(30)45)24-23-32-37(55-44(50)42(52-28(4)47)31-18-9-11-21-35(31)46)25-38-40(32)33-19-12-15-29(41(33)53-38)16-13-22-39(48)51-5/h8-12,15,17-21,23-24,26-27,32,36-38,40,42H,13-14,16,22,25H2,1-5H3/b24-23+/t26-,27+,32-,36+,37+,38-,40-,42+/m0/s1. The summed E-state index contributed by atoms with van der Waals surface area (Å²) in [5.41, 5.74) is 2.87. The zero-order valence-electron chi connectivity index (χ0n) is 31.6. The van der Waals surface area contributed by atoms with Crippen LogP contribution < -0.4 is 4.74 Å². The largest absolute Gasteiger partial charge is 0.489 e. The van der Waals surface area contributed by atoms with Crippen LogP contribution in [0.2, 0.25) is 10.0 Å². The number of methoxy groups -OCH3 is 1. The van der Waals surface area contributed by atoms with E-state index in [0.717, 1.165) is 16.9 Å². The molecular formula is C44H46Cl2O9. The van der Waals surface area contributed by atoms with Crippen LogP contribution in [-0.2, 0) is 44.5 Å². The van der Waals surface area contributed by atoms with Gasteiger partial charge in [0.1, 0.15) is 24.1 Å². The summed E-state index contributed by atoms with van der Waals surface area (Å²) in [6.07, 6.45) is 2.93. The highest BCUT2D eigenvalue weighted by Crippen LogP contribution is 2.53. The predicted molar refractivity (Wildman–Crippen MR) is 209 cm³/mol. The van der Waals surface area contributed by atoms with Crippen molar-refractivity contribution >= 4 is 47.1 Å². The number of ether oxygens (including phenoxy) is 5. The Morgan fingerprint density at radius 2 is 1.62 bits per heavy atom. The van der Waals surface area contributed by atoms with E-state index in [-0.39, 0.29) is 35.4 Å². The first-order valence-electron chi connectivity index (χ1n) is 18.4. The first-order valence-corrected chi connectivity index (χ1v) is 19.2. The second-order valence-corrected chi connectivity index (χ2v) is 14.7. The van der Waals surface area contributed by atoms with Gasteiger partial charge in [-0.25, -0.2) is 4.79 Å². The van der Waals surface area contributed by atoms with E-state index in [0.29, 0.717) is 41.8 Å². The Hall–Kier alpha value is -4.78. The summed E-state index contributed by atoms with van der Waals surface area (Å²) in [5, 5.41) is 0.723. The molecular weight excluding hydrogens is 743 g/mol. The lowest BCUT2D eigenvalue weighted by molar-refractivity contribution is -0.172. The highest BCUT2D eigenvalue weighted by Gasteiger charge is 2.51. The van der Waals surface area contributed by atoms with Crippen LogP contribution in [0.1, 0.15) is 93.6 Å². The number of para-hydroxylation sites is 1. The summed E-state index contributed by atoms with van der Waals surface area (Å²) in [6.45, 7) is 6.69. The van der Waals surface area contributed by atoms with Gasteiger partial charge < -0.3 is 23.7 Å². The smallest absolute Gasteiger partial charge is 0.352 e. The van der Waals surface area contributed by atoms with Crippen molar-refractivity contribution in [1.29, 1.82) is 0 Å². The topological polar surface area (TPSA) is 114 Å². The lowest BCUT2D eigenvalue weighted by Gasteiger charge is -2.26. The number of carbonyl (C=O) groups is 4. The van der Waals surface area contributed by atoms with Crippen LogP contribution in [0.25, 0.3) is 0 Å². The summed E-state index contributed by atoms with van der Waals surface area (Å²) >= 11 is 12.9. The highest BCUT2D eigenvalue weighted by molar-refractivity contribution is 6.32. The molecule has 290 valence electrons. The molecule has 1 saturated carbocycles. The summed E-state index contributed by atoms with van der Waals surface area (Å²) in [4.78, 5) is 51.6. The summed E-state index contributed by atoms with van der Waals surface area (Å²) < 4.78 is 29.3. The Balaban J connectivity index is 1.49. The normalized spacial score (nSPS) is 20.4. The molecule has 0 N–H and O–H groups in total. The van der Waals surface area contributed by atoms with E-state index >= 15 is 0 Å². The van der Waals surface area contributed by atoms with Crippen LogP contribution in [0.15, 0.2) is 78.9 Å². The molecule has 11 heteroatoms. The highest BCUT2D eigenvalue weighted by atomic mass is 35.5. The Morgan fingerprint density at radius 3 is 2.27 bits per heavy atom. The average molecular weight is 790 g/mol. The number of halogens is 2. The van der Waals surface area contributed by atoms with Gasteiger partial charge in [0.2, 0.25) is 6.10 Å². The molecule has 8 atom stereocenters. The maximum atomic E-state index is 13.9. The number of aryl methyl sites for hydroxylation is 1. The molecule has 1 heterocycles. The van der Waals surface area contributed by atoms with E-state index in [1.807, 2.05) is 43.3 Å². The third-order valence-corrected chi connectivity index (χ3v) is 10.8. The van der Waals surface area contributed by atoms with Crippen LogP contribution in [-0.4, -0.2) is 49.3 Å². The van der Waals surface area contributed by atoms with Crippen molar-refractivity contribution in [1.82, 2.24) is 0 Å². The molecule has 1 aliphatic heterocycles. The van der Waals surface area contributed by atoms with Gasteiger partial charge in [0.15, 0.2) is 0 Å². The first kappa shape index (κ1) is 41.4. The Bertz CT molecular complexity index is 1960. The van der Waals surface area contributed by atoms with Crippen LogP contribution in [0.4, 0.5) is 0 Å². The lowest BCUT2D eigenvalue weighted by atomic mass is 9.85. The molecule has 2 aliphatic rings. The fraction of sp³-hybridized carbons (Fsp3) is 0.409. The number of benzene rings is 3. The van der Waals surface area contributed by atoms with E-state index in [9.17, 15) is 19.2 Å². The van der Waals surface area contributed by atoms with Crippen molar-refractivity contribution in [3.8, 4) is 17.6 Å². The SMILES string of the molecule is CC#CC[C@H](C)[C@@H](/C=C/[C@@H]1[C@H]2c3cccc(CCCC(=O)OC)c3O[C@H]2C[C@H]1OC(=O)[C@H](OC(C)=O)c1ccccc1Cl)OC(=O)[C@H](C)c1ccccc1Cl. The van der Waals surface area contributed by atoms with Gasteiger partial charge in [-0.2, -0.15) is 0 Å². The Morgan fingerprint density at radius 1 is 0.927 bits per heavy atom. The lowest BCUT2D eigenvalue weighted by Crippen LogP contribution is -2.30. The molecule has 3 aromatic rings. The molecule has 0 amide bonds. The van der Waals surface area contributed by atoms with Gasteiger partial charge in [-0.3, -0.25) is 14.4 Å². The molecule has 0 unspecified atom stereocenters. The first-order chi connectivity index (χ1) is 26.4. The van der Waals surface area contributed by atoms with Crippen molar-refractivity contribution in [2.24, 2.45) is 11.8 Å². The number of hydrogen-bond acceptors (Lipinski definition) is 9.